The summed E-state index contributed by atoms with van der Waals surface area (Å²) in [5.41, 5.74) is 0.818. The second-order valence-corrected chi connectivity index (χ2v) is 9.54. The van der Waals surface area contributed by atoms with Crippen molar-refractivity contribution in [2.75, 3.05) is 32.7 Å². The quantitative estimate of drug-likeness (QED) is 0.794. The summed E-state index contributed by atoms with van der Waals surface area (Å²) >= 11 is 0. The molecule has 3 nitrogen and oxygen atoms in total. The van der Waals surface area contributed by atoms with Gasteiger partial charge in [-0.05, 0) is 54.4 Å². The number of piperidine rings is 1. The average Bonchev–Trinajstić information content (AvgIpc) is 2.25. The Morgan fingerprint density at radius 3 is 1.95 bits per heavy atom. The molecule has 0 amide bonds. The molecule has 0 saturated carbocycles. The summed E-state index contributed by atoms with van der Waals surface area (Å²) in [6.07, 6.45) is 2.84. The maximum atomic E-state index is 6.12. The van der Waals surface area contributed by atoms with Gasteiger partial charge in [-0.2, -0.15) is 0 Å². The first-order chi connectivity index (χ1) is 9.47. The molecule has 0 aromatic rings. The number of nitrogens with zero attached hydrogens (tertiary/aromatic N) is 2. The van der Waals surface area contributed by atoms with Crippen LogP contribution in [0.1, 0.15) is 61.3 Å². The summed E-state index contributed by atoms with van der Waals surface area (Å²) in [4.78, 5) is 5.25. The van der Waals surface area contributed by atoms with Crippen LogP contribution in [0.15, 0.2) is 0 Å². The zero-order valence-corrected chi connectivity index (χ0v) is 15.3. The normalized spacial score (nSPS) is 25.9. The minimum Gasteiger partial charge on any atom is -0.373 e. The average molecular weight is 296 g/mol. The van der Waals surface area contributed by atoms with Crippen LogP contribution in [-0.2, 0) is 4.74 Å². The second kappa shape index (κ2) is 5.82. The fourth-order valence-electron chi connectivity index (χ4n) is 3.67. The van der Waals surface area contributed by atoms with E-state index in [1.54, 1.807) is 0 Å². The highest BCUT2D eigenvalue weighted by molar-refractivity contribution is 4.98. The first-order valence-corrected chi connectivity index (χ1v) is 8.62. The van der Waals surface area contributed by atoms with Crippen molar-refractivity contribution in [2.45, 2.75) is 78.6 Å². The smallest absolute Gasteiger partial charge is 0.0606 e. The van der Waals surface area contributed by atoms with Gasteiger partial charge in [-0.3, -0.25) is 4.90 Å². The Balaban J connectivity index is 1.72. The third-order valence-corrected chi connectivity index (χ3v) is 4.75. The van der Waals surface area contributed by atoms with Crippen molar-refractivity contribution in [3.63, 3.8) is 0 Å². The van der Waals surface area contributed by atoms with Crippen LogP contribution in [0.2, 0.25) is 0 Å². The van der Waals surface area contributed by atoms with Crippen LogP contribution >= 0.6 is 0 Å². The second-order valence-electron chi connectivity index (χ2n) is 9.54. The van der Waals surface area contributed by atoms with E-state index in [2.05, 4.69) is 58.3 Å². The minimum absolute atomic E-state index is 0.00000173. The zero-order chi connectivity index (χ0) is 15.9. The van der Waals surface area contributed by atoms with E-state index in [4.69, 9.17) is 4.74 Å². The zero-order valence-electron chi connectivity index (χ0n) is 15.3. The molecule has 3 heteroatoms. The lowest BCUT2D eigenvalue weighted by Gasteiger charge is -2.56. The molecule has 2 saturated heterocycles. The third-order valence-electron chi connectivity index (χ3n) is 4.75. The molecular weight excluding hydrogens is 260 g/mol. The van der Waals surface area contributed by atoms with E-state index in [1.165, 1.54) is 45.6 Å². The fourth-order valence-corrected chi connectivity index (χ4v) is 3.67. The van der Waals surface area contributed by atoms with Crippen molar-refractivity contribution in [2.24, 2.45) is 5.41 Å². The van der Waals surface area contributed by atoms with Crippen LogP contribution in [0, 0.1) is 5.41 Å². The van der Waals surface area contributed by atoms with Crippen molar-refractivity contribution < 1.29 is 4.74 Å². The molecule has 0 atom stereocenters. The fraction of sp³-hybridized carbons (Fsp3) is 1.00. The molecule has 2 heterocycles. The third kappa shape index (κ3) is 4.94. The van der Waals surface area contributed by atoms with E-state index in [0.29, 0.717) is 17.1 Å². The summed E-state index contributed by atoms with van der Waals surface area (Å²) in [5.74, 6) is 0. The highest BCUT2D eigenvalue weighted by Crippen LogP contribution is 2.36. The van der Waals surface area contributed by atoms with Crippen LogP contribution < -0.4 is 0 Å². The molecule has 0 aliphatic carbocycles. The lowest BCUT2D eigenvalue weighted by molar-refractivity contribution is -0.0977. The summed E-state index contributed by atoms with van der Waals surface area (Å²) in [6, 6.07) is 0. The van der Waals surface area contributed by atoms with E-state index in [1.807, 2.05) is 0 Å². The van der Waals surface area contributed by atoms with E-state index in [-0.39, 0.29) is 5.60 Å². The number of ether oxygens (including phenoxy) is 1. The monoisotopic (exact) mass is 296 g/mol. The molecule has 2 rings (SSSR count). The van der Waals surface area contributed by atoms with Gasteiger partial charge in [0.05, 0.1) is 11.7 Å². The molecule has 0 N–H and O–H groups in total. The van der Waals surface area contributed by atoms with Crippen LogP contribution in [0.3, 0.4) is 0 Å². The van der Waals surface area contributed by atoms with Crippen LogP contribution in [0.5, 0.6) is 0 Å². The summed E-state index contributed by atoms with van der Waals surface area (Å²) in [6.45, 7) is 22.0. The standard InChI is InChI=1S/C18H36N2O/c1-16(2,3)20-13-18(7,14-20)12-19-10-8-15(9-11-19)21-17(4,5)6/h15H,8-14H2,1-7H3. The lowest BCUT2D eigenvalue weighted by Crippen LogP contribution is -2.64. The van der Waals surface area contributed by atoms with Crippen molar-refractivity contribution in [1.29, 1.82) is 0 Å². The van der Waals surface area contributed by atoms with Gasteiger partial charge in [0.1, 0.15) is 0 Å². The van der Waals surface area contributed by atoms with Crippen molar-refractivity contribution in [1.82, 2.24) is 9.80 Å². The molecule has 0 radical (unpaired) electrons. The van der Waals surface area contributed by atoms with Crippen molar-refractivity contribution in [3.8, 4) is 0 Å². The Kier molecular flexibility index (Phi) is 4.78. The van der Waals surface area contributed by atoms with Gasteiger partial charge in [0.15, 0.2) is 0 Å². The van der Waals surface area contributed by atoms with E-state index < -0.39 is 0 Å². The Morgan fingerprint density at radius 2 is 1.52 bits per heavy atom. The van der Waals surface area contributed by atoms with Crippen molar-refractivity contribution in [3.05, 3.63) is 0 Å². The summed E-state index contributed by atoms with van der Waals surface area (Å²) in [7, 11) is 0. The van der Waals surface area contributed by atoms with Gasteiger partial charge in [-0.15, -0.1) is 0 Å². The van der Waals surface area contributed by atoms with Gasteiger partial charge in [-0.1, -0.05) is 6.92 Å². The van der Waals surface area contributed by atoms with Gasteiger partial charge in [0.2, 0.25) is 0 Å². The summed E-state index contributed by atoms with van der Waals surface area (Å²) in [5, 5.41) is 0. The van der Waals surface area contributed by atoms with E-state index in [0.717, 1.165) is 0 Å². The van der Waals surface area contributed by atoms with E-state index >= 15 is 0 Å². The Hall–Kier alpha value is -0.120. The van der Waals surface area contributed by atoms with Crippen LogP contribution in [0.25, 0.3) is 0 Å². The molecular formula is C18H36N2O. The molecule has 21 heavy (non-hydrogen) atoms. The lowest BCUT2D eigenvalue weighted by atomic mass is 9.78. The van der Waals surface area contributed by atoms with Gasteiger partial charge < -0.3 is 9.64 Å². The van der Waals surface area contributed by atoms with Crippen LogP contribution in [0.4, 0.5) is 0 Å². The Morgan fingerprint density at radius 1 is 1.00 bits per heavy atom. The molecule has 0 spiro atoms. The SMILES string of the molecule is CC1(CN2CCC(OC(C)(C)C)CC2)CN(C(C)(C)C)C1. The highest BCUT2D eigenvalue weighted by atomic mass is 16.5. The highest BCUT2D eigenvalue weighted by Gasteiger charge is 2.44. The van der Waals surface area contributed by atoms with Crippen LogP contribution in [-0.4, -0.2) is 59.8 Å². The van der Waals surface area contributed by atoms with Gasteiger partial charge in [-0.25, -0.2) is 0 Å². The summed E-state index contributed by atoms with van der Waals surface area (Å²) < 4.78 is 6.12. The maximum Gasteiger partial charge on any atom is 0.0606 e. The number of hydrogen-bond acceptors (Lipinski definition) is 3. The molecule has 2 aliphatic rings. The van der Waals surface area contributed by atoms with Crippen molar-refractivity contribution >= 4 is 0 Å². The first kappa shape index (κ1) is 17.2. The van der Waals surface area contributed by atoms with Gasteiger partial charge in [0.25, 0.3) is 0 Å². The van der Waals surface area contributed by atoms with Gasteiger partial charge >= 0.3 is 0 Å². The predicted octanol–water partition coefficient (Wildman–Crippen LogP) is 3.39. The number of rotatable bonds is 3. The van der Waals surface area contributed by atoms with Gasteiger partial charge in [0, 0.05) is 43.7 Å². The molecule has 0 aromatic carbocycles. The molecule has 2 fully saturated rings. The largest absolute Gasteiger partial charge is 0.373 e. The Bertz CT molecular complexity index is 339. The molecule has 0 unspecified atom stereocenters. The Labute approximate surface area is 132 Å². The topological polar surface area (TPSA) is 15.7 Å². The molecule has 0 aromatic heterocycles. The van der Waals surface area contributed by atoms with E-state index in [9.17, 15) is 0 Å². The number of likely N-dealkylation sites (tertiary alicyclic amines) is 2. The first-order valence-electron chi connectivity index (χ1n) is 8.62. The minimum atomic E-state index is -0.00000173. The number of hydrogen-bond donors (Lipinski definition) is 0. The molecule has 0 bridgehead atoms. The maximum absolute atomic E-state index is 6.12. The predicted molar refractivity (Wildman–Crippen MR) is 89.7 cm³/mol. The molecule has 124 valence electrons. The molecule has 2 aliphatic heterocycles.